The molecule has 1 aromatic rings. The van der Waals surface area contributed by atoms with Crippen molar-refractivity contribution in [3.8, 4) is 0 Å². The van der Waals surface area contributed by atoms with Crippen LogP contribution < -0.4 is 5.32 Å². The van der Waals surface area contributed by atoms with Crippen LogP contribution in [0, 0.1) is 16.0 Å². The lowest BCUT2D eigenvalue weighted by atomic mass is 10.1. The number of carbonyl (C=O) groups excluding carboxylic acids is 1. The smallest absolute Gasteiger partial charge is 0.315 e. The molecule has 2 N–H and O–H groups in total. The molecular weight excluding hydrogens is 228 g/mol. The highest BCUT2D eigenvalue weighted by atomic mass is 16.6. The fraction of sp³-hybridized carbons (Fsp3) is 0.200. The quantitative estimate of drug-likeness (QED) is 0.466. The normalized spacial score (nSPS) is 11.6. The van der Waals surface area contributed by atoms with E-state index >= 15 is 0 Å². The average Bonchev–Trinajstić information content (AvgIpc) is 2.28. The standard InChI is InChI=1S/C10H10N2O5/c1-6(10(14)15)9(13)11-7-4-2-3-5-8(7)12(16)17/h2-6H,1H3,(H,11,13)(H,14,15). The summed E-state index contributed by atoms with van der Waals surface area (Å²) in [6.45, 7) is 1.20. The highest BCUT2D eigenvalue weighted by Gasteiger charge is 2.23. The number of aliphatic carboxylic acids is 1. The predicted octanol–water partition coefficient (Wildman–Crippen LogP) is 1.25. The van der Waals surface area contributed by atoms with E-state index in [2.05, 4.69) is 5.32 Å². The van der Waals surface area contributed by atoms with Gasteiger partial charge in [-0.15, -0.1) is 0 Å². The van der Waals surface area contributed by atoms with Crippen molar-refractivity contribution in [1.29, 1.82) is 0 Å². The number of amides is 1. The number of carboxylic acid groups (broad SMARTS) is 1. The Balaban J connectivity index is 2.92. The SMILES string of the molecule is CC(C(=O)O)C(=O)Nc1ccccc1[N+](=O)[O-]. The number of carboxylic acids is 1. The number of nitro benzene ring substituents is 1. The topological polar surface area (TPSA) is 110 Å². The number of nitrogens with zero attached hydrogens (tertiary/aromatic N) is 1. The fourth-order valence-electron chi connectivity index (χ4n) is 1.09. The molecule has 0 bridgehead atoms. The summed E-state index contributed by atoms with van der Waals surface area (Å²) in [4.78, 5) is 32.0. The molecule has 0 aromatic heterocycles. The van der Waals surface area contributed by atoms with Gasteiger partial charge in [-0.3, -0.25) is 19.7 Å². The number of rotatable bonds is 4. The minimum absolute atomic E-state index is 0.0180. The number of carbonyl (C=O) groups is 2. The molecule has 0 aliphatic rings. The minimum atomic E-state index is -1.29. The van der Waals surface area contributed by atoms with E-state index in [0.717, 1.165) is 0 Å². The Morgan fingerprint density at radius 3 is 2.53 bits per heavy atom. The lowest BCUT2D eigenvalue weighted by molar-refractivity contribution is -0.383. The van der Waals surface area contributed by atoms with Crippen molar-refractivity contribution in [1.82, 2.24) is 0 Å². The van der Waals surface area contributed by atoms with Gasteiger partial charge < -0.3 is 10.4 Å². The van der Waals surface area contributed by atoms with E-state index in [9.17, 15) is 19.7 Å². The number of benzene rings is 1. The van der Waals surface area contributed by atoms with Gasteiger partial charge in [-0.25, -0.2) is 0 Å². The lowest BCUT2D eigenvalue weighted by Gasteiger charge is -2.08. The van der Waals surface area contributed by atoms with E-state index in [-0.39, 0.29) is 11.4 Å². The molecule has 0 fully saturated rings. The molecule has 90 valence electrons. The highest BCUT2D eigenvalue weighted by Crippen LogP contribution is 2.23. The lowest BCUT2D eigenvalue weighted by Crippen LogP contribution is -2.27. The zero-order valence-corrected chi connectivity index (χ0v) is 8.91. The van der Waals surface area contributed by atoms with Crippen LogP contribution in [0.4, 0.5) is 11.4 Å². The van der Waals surface area contributed by atoms with E-state index in [1.54, 1.807) is 0 Å². The van der Waals surface area contributed by atoms with Crippen LogP contribution in [0.1, 0.15) is 6.92 Å². The second kappa shape index (κ2) is 5.06. The van der Waals surface area contributed by atoms with Crippen molar-refractivity contribution >= 4 is 23.3 Å². The van der Waals surface area contributed by atoms with Gasteiger partial charge in [0.15, 0.2) is 0 Å². The van der Waals surface area contributed by atoms with Crippen molar-refractivity contribution in [2.45, 2.75) is 6.92 Å². The maximum Gasteiger partial charge on any atom is 0.315 e. The van der Waals surface area contributed by atoms with E-state index in [0.29, 0.717) is 0 Å². The van der Waals surface area contributed by atoms with E-state index < -0.39 is 22.7 Å². The van der Waals surface area contributed by atoms with Crippen LogP contribution in [0.2, 0.25) is 0 Å². The number of hydrogen-bond acceptors (Lipinski definition) is 4. The molecule has 0 heterocycles. The highest BCUT2D eigenvalue weighted by molar-refractivity contribution is 6.04. The third-order valence-corrected chi connectivity index (χ3v) is 2.12. The molecule has 0 spiro atoms. The van der Waals surface area contributed by atoms with Crippen molar-refractivity contribution in [3.05, 3.63) is 34.4 Å². The summed E-state index contributed by atoms with van der Waals surface area (Å²) in [7, 11) is 0. The first kappa shape index (κ1) is 12.6. The molecular formula is C10H10N2O5. The van der Waals surface area contributed by atoms with Gasteiger partial charge in [-0.1, -0.05) is 12.1 Å². The first-order valence-corrected chi connectivity index (χ1v) is 4.70. The minimum Gasteiger partial charge on any atom is -0.481 e. The number of nitro groups is 1. The molecule has 7 nitrogen and oxygen atoms in total. The summed E-state index contributed by atoms with van der Waals surface area (Å²) in [6, 6.07) is 5.52. The molecule has 0 radical (unpaired) electrons. The first-order chi connectivity index (χ1) is 7.93. The van der Waals surface area contributed by atoms with Gasteiger partial charge in [0.05, 0.1) is 4.92 Å². The maximum atomic E-state index is 11.4. The van der Waals surface area contributed by atoms with E-state index in [4.69, 9.17) is 5.11 Å². The Labute approximate surface area is 96.2 Å². The van der Waals surface area contributed by atoms with E-state index in [1.165, 1.54) is 31.2 Å². The second-order valence-electron chi connectivity index (χ2n) is 3.32. The molecule has 17 heavy (non-hydrogen) atoms. The van der Waals surface area contributed by atoms with Gasteiger partial charge in [0, 0.05) is 6.07 Å². The van der Waals surface area contributed by atoms with Gasteiger partial charge in [0.2, 0.25) is 5.91 Å². The van der Waals surface area contributed by atoms with Crippen molar-refractivity contribution in [3.63, 3.8) is 0 Å². The zero-order valence-electron chi connectivity index (χ0n) is 8.91. The molecule has 0 saturated carbocycles. The molecule has 0 aliphatic heterocycles. The molecule has 1 aromatic carbocycles. The summed E-state index contributed by atoms with van der Waals surface area (Å²) in [6.07, 6.45) is 0. The van der Waals surface area contributed by atoms with Gasteiger partial charge >= 0.3 is 5.97 Å². The van der Waals surface area contributed by atoms with Crippen LogP contribution in [0.25, 0.3) is 0 Å². The Bertz CT molecular complexity index is 472. The van der Waals surface area contributed by atoms with Gasteiger partial charge in [0.25, 0.3) is 5.69 Å². The number of para-hydroxylation sites is 2. The van der Waals surface area contributed by atoms with Gasteiger partial charge in [-0.05, 0) is 13.0 Å². The summed E-state index contributed by atoms with van der Waals surface area (Å²) in [5.41, 5.74) is -0.297. The summed E-state index contributed by atoms with van der Waals surface area (Å²) < 4.78 is 0. The largest absolute Gasteiger partial charge is 0.481 e. The molecule has 0 aliphatic carbocycles. The second-order valence-corrected chi connectivity index (χ2v) is 3.32. The molecule has 1 atom stereocenters. The molecule has 1 rings (SSSR count). The van der Waals surface area contributed by atoms with Crippen molar-refractivity contribution in [2.24, 2.45) is 5.92 Å². The third kappa shape index (κ3) is 3.00. The van der Waals surface area contributed by atoms with Crippen LogP contribution in [0.5, 0.6) is 0 Å². The third-order valence-electron chi connectivity index (χ3n) is 2.12. The summed E-state index contributed by atoms with van der Waals surface area (Å²) in [5.74, 6) is -3.36. The monoisotopic (exact) mass is 238 g/mol. The summed E-state index contributed by atoms with van der Waals surface area (Å²) >= 11 is 0. The van der Waals surface area contributed by atoms with E-state index in [1.807, 2.05) is 0 Å². The van der Waals surface area contributed by atoms with Crippen LogP contribution in [0.15, 0.2) is 24.3 Å². The van der Waals surface area contributed by atoms with Crippen LogP contribution >= 0.6 is 0 Å². The van der Waals surface area contributed by atoms with Crippen molar-refractivity contribution < 1.29 is 19.6 Å². The Hall–Kier alpha value is -2.44. The fourth-order valence-corrected chi connectivity index (χ4v) is 1.09. The number of anilines is 1. The van der Waals surface area contributed by atoms with Gasteiger partial charge in [-0.2, -0.15) is 0 Å². The molecule has 7 heteroatoms. The van der Waals surface area contributed by atoms with Crippen molar-refractivity contribution in [2.75, 3.05) is 5.32 Å². The Kier molecular flexibility index (Phi) is 3.76. The van der Waals surface area contributed by atoms with Crippen LogP contribution in [0.3, 0.4) is 0 Å². The Morgan fingerprint density at radius 1 is 1.41 bits per heavy atom. The molecule has 1 unspecified atom stereocenters. The Morgan fingerprint density at radius 2 is 2.00 bits per heavy atom. The van der Waals surface area contributed by atoms with Crippen LogP contribution in [-0.4, -0.2) is 21.9 Å². The molecule has 0 saturated heterocycles. The zero-order chi connectivity index (χ0) is 13.0. The average molecular weight is 238 g/mol. The maximum absolute atomic E-state index is 11.4. The number of hydrogen-bond donors (Lipinski definition) is 2. The molecule has 1 amide bonds. The predicted molar refractivity (Wildman–Crippen MR) is 58.5 cm³/mol. The van der Waals surface area contributed by atoms with Gasteiger partial charge in [0.1, 0.15) is 11.6 Å². The summed E-state index contributed by atoms with van der Waals surface area (Å²) in [5, 5.41) is 21.5. The first-order valence-electron chi connectivity index (χ1n) is 4.70. The number of nitrogens with one attached hydrogen (secondary N) is 1. The van der Waals surface area contributed by atoms with Crippen LogP contribution in [-0.2, 0) is 9.59 Å².